The summed E-state index contributed by atoms with van der Waals surface area (Å²) in [5, 5.41) is 0. The summed E-state index contributed by atoms with van der Waals surface area (Å²) in [7, 11) is 0. The fourth-order valence-corrected chi connectivity index (χ4v) is 0. The second-order valence-electron chi connectivity index (χ2n) is 0. The van der Waals surface area contributed by atoms with E-state index in [2.05, 4.69) is 0 Å². The van der Waals surface area contributed by atoms with Crippen LogP contribution in [0, 0.1) is 0 Å². The van der Waals surface area contributed by atoms with Gasteiger partial charge in [0.25, 0.3) is 0 Å². The van der Waals surface area contributed by atoms with Crippen molar-refractivity contribution in [2.24, 2.45) is 0 Å². The van der Waals surface area contributed by atoms with Crippen LogP contribution >= 0.6 is 0 Å². The summed E-state index contributed by atoms with van der Waals surface area (Å²) < 4.78 is 0. The first-order valence-corrected chi connectivity index (χ1v) is 0. The Morgan fingerprint density at radius 2 is 0.833 bits per heavy atom. The molecule has 0 rings (SSSR count). The predicted octanol–water partition coefficient (Wildman–Crippen LogP) is -8.18. The number of hydrogen-bond acceptors (Lipinski definition) is 1. The first kappa shape index (κ1) is 154. The van der Waals surface area contributed by atoms with Gasteiger partial charge in [0, 0.05) is 0 Å². The first-order valence-electron chi connectivity index (χ1n) is 0. The molecule has 6 heavy (non-hydrogen) atoms. The molecule has 0 saturated carbocycles. The fourth-order valence-electron chi connectivity index (χ4n) is 0. The topological polar surface area (TPSA) is 61.5 Å². The third-order valence-electron chi connectivity index (χ3n) is 0. The van der Waals surface area contributed by atoms with Crippen LogP contribution in [-0.2, 0) is 21.1 Å². The van der Waals surface area contributed by atoms with E-state index in [-0.39, 0.29) is 67.8 Å². The van der Waals surface area contributed by atoms with E-state index in [0.717, 1.165) is 0 Å². The number of rotatable bonds is 0. The van der Waals surface area contributed by atoms with E-state index in [4.69, 9.17) is 0 Å². The molecule has 6 heteroatoms. The summed E-state index contributed by atoms with van der Waals surface area (Å²) in [6, 6.07) is 0. The van der Waals surface area contributed by atoms with Gasteiger partial charge < -0.3 is 35.8 Å². The van der Waals surface area contributed by atoms with Gasteiger partial charge in [-0.05, 0) is 11.0 Å². The Bertz CT molecular complexity index is 11.5. The van der Waals surface area contributed by atoms with Gasteiger partial charge in [0.15, 0.2) is 0 Å². The van der Waals surface area contributed by atoms with Crippen molar-refractivity contribution in [3.63, 3.8) is 0 Å². The molecule has 0 spiro atoms. The van der Waals surface area contributed by atoms with Crippen molar-refractivity contribution in [2.45, 2.75) is 0 Å². The van der Waals surface area contributed by atoms with Crippen LogP contribution in [-0.4, -0.2) is 21.9 Å². The SMILES string of the molecule is O.[Cl-].[Cl-].[Mo+3].[OH-].[SiH3]. The maximum absolute atomic E-state index is 0. The monoisotopic (exact) mass is 234 g/mol. The molecule has 0 aliphatic rings. The molecular formula is H6Cl2MoO2Si. The van der Waals surface area contributed by atoms with Gasteiger partial charge in [0.1, 0.15) is 0 Å². The smallest absolute Gasteiger partial charge is 1.00 e. The van der Waals surface area contributed by atoms with Crippen molar-refractivity contribution in [1.82, 2.24) is 0 Å². The molecule has 0 aromatic carbocycles. The zero-order valence-electron chi connectivity index (χ0n) is 3.11. The average molecular weight is 233 g/mol. The van der Waals surface area contributed by atoms with Gasteiger partial charge in [-0.1, -0.05) is 0 Å². The zero-order valence-corrected chi connectivity index (χ0v) is 8.63. The van der Waals surface area contributed by atoms with Crippen molar-refractivity contribution >= 4 is 11.0 Å². The van der Waals surface area contributed by atoms with Crippen molar-refractivity contribution < 1.29 is 56.8 Å². The van der Waals surface area contributed by atoms with Crippen LogP contribution < -0.4 is 24.8 Å². The Morgan fingerprint density at radius 1 is 0.833 bits per heavy atom. The second kappa shape index (κ2) is 94.8. The number of hydrogen-bond donors (Lipinski definition) is 0. The molecule has 0 atom stereocenters. The van der Waals surface area contributed by atoms with Gasteiger partial charge in [-0.15, -0.1) is 0 Å². The predicted molar refractivity (Wildman–Crippen MR) is 15.5 cm³/mol. The quantitative estimate of drug-likeness (QED) is 0.383. The van der Waals surface area contributed by atoms with Gasteiger partial charge in [0.05, 0.1) is 0 Å². The maximum Gasteiger partial charge on any atom is 3.00 e. The van der Waals surface area contributed by atoms with E-state index in [1.807, 2.05) is 0 Å². The van der Waals surface area contributed by atoms with Crippen LogP contribution in [0.5, 0.6) is 0 Å². The molecule has 2 nitrogen and oxygen atoms in total. The molecule has 3 N–H and O–H groups in total. The van der Waals surface area contributed by atoms with E-state index in [9.17, 15) is 0 Å². The van der Waals surface area contributed by atoms with E-state index in [1.165, 1.54) is 0 Å². The maximum atomic E-state index is 0. The molecule has 0 heterocycles. The van der Waals surface area contributed by atoms with Crippen LogP contribution in [0.2, 0.25) is 0 Å². The third kappa shape index (κ3) is 53.1. The van der Waals surface area contributed by atoms with Crippen molar-refractivity contribution in [1.29, 1.82) is 0 Å². The molecule has 0 bridgehead atoms. The van der Waals surface area contributed by atoms with Crippen LogP contribution in [0.15, 0.2) is 0 Å². The molecule has 0 aromatic heterocycles. The van der Waals surface area contributed by atoms with Crippen molar-refractivity contribution in [3.8, 4) is 0 Å². The summed E-state index contributed by atoms with van der Waals surface area (Å²) in [6.07, 6.45) is 0. The summed E-state index contributed by atoms with van der Waals surface area (Å²) in [6.45, 7) is 0. The summed E-state index contributed by atoms with van der Waals surface area (Å²) in [5.41, 5.74) is 0. The molecule has 42 valence electrons. The summed E-state index contributed by atoms with van der Waals surface area (Å²) >= 11 is 0. The third-order valence-corrected chi connectivity index (χ3v) is 0. The average Bonchev–Trinajstić information content (AvgIpc) is 0. The first-order chi connectivity index (χ1) is 0. The van der Waals surface area contributed by atoms with Crippen molar-refractivity contribution in [2.75, 3.05) is 0 Å². The van der Waals surface area contributed by atoms with Gasteiger partial charge in [-0.2, -0.15) is 0 Å². The minimum absolute atomic E-state index is 0. The molecule has 2 radical (unpaired) electrons. The van der Waals surface area contributed by atoms with Crippen LogP contribution in [0.25, 0.3) is 0 Å². The van der Waals surface area contributed by atoms with Gasteiger partial charge in [-0.3, -0.25) is 0 Å². The Labute approximate surface area is 67.8 Å². The molecule has 0 unspecified atom stereocenters. The minimum atomic E-state index is 0. The molecule has 0 aliphatic heterocycles. The minimum Gasteiger partial charge on any atom is -1.00 e. The number of halogens is 2. The molecule has 0 amide bonds. The largest absolute Gasteiger partial charge is 3.00 e. The van der Waals surface area contributed by atoms with Crippen molar-refractivity contribution in [3.05, 3.63) is 0 Å². The van der Waals surface area contributed by atoms with Crippen LogP contribution in [0.4, 0.5) is 0 Å². The van der Waals surface area contributed by atoms with E-state index in [0.29, 0.717) is 0 Å². The van der Waals surface area contributed by atoms with Crippen LogP contribution in [0.1, 0.15) is 0 Å². The fraction of sp³-hybridized carbons (Fsp3) is 0. The second-order valence-corrected chi connectivity index (χ2v) is 0. The van der Waals surface area contributed by atoms with E-state index < -0.39 is 0 Å². The summed E-state index contributed by atoms with van der Waals surface area (Å²) in [4.78, 5) is 0. The Kier molecular flexibility index (Phi) is 2430. The zero-order chi connectivity index (χ0) is 0. The standard InChI is InChI=1S/2ClH.Mo.2H2O.H3Si/h2*1H;;2*1H2;1H3/q;;+3;;;/p-3. The van der Waals surface area contributed by atoms with Gasteiger partial charge >= 0.3 is 21.1 Å². The van der Waals surface area contributed by atoms with Crippen LogP contribution in [0.3, 0.4) is 0 Å². The van der Waals surface area contributed by atoms with E-state index >= 15 is 0 Å². The Hall–Kier alpha value is 1.41. The van der Waals surface area contributed by atoms with E-state index in [1.54, 1.807) is 0 Å². The molecule has 0 aliphatic carbocycles. The molecular weight excluding hydrogens is 227 g/mol. The van der Waals surface area contributed by atoms with Gasteiger partial charge in [0.2, 0.25) is 0 Å². The molecule has 0 saturated heterocycles. The molecule has 0 aromatic rings. The summed E-state index contributed by atoms with van der Waals surface area (Å²) in [5.74, 6) is 0. The molecule has 0 fully saturated rings. The van der Waals surface area contributed by atoms with Gasteiger partial charge in [-0.25, -0.2) is 0 Å². The normalized spacial score (nSPS) is 0. The Balaban J connectivity index is 0. The Morgan fingerprint density at radius 3 is 0.833 bits per heavy atom.